The maximum absolute atomic E-state index is 12.1. The Labute approximate surface area is 295 Å². The summed E-state index contributed by atoms with van der Waals surface area (Å²) in [5.41, 5.74) is 0. The lowest BCUT2D eigenvalue weighted by Crippen LogP contribution is -2.45. The molecule has 0 bridgehead atoms. The van der Waals surface area contributed by atoms with Crippen molar-refractivity contribution in [2.75, 3.05) is 6.61 Å². The highest BCUT2D eigenvalue weighted by Crippen LogP contribution is 2.17. The molecule has 0 aromatic heterocycles. The number of nitrogens with one attached hydrogen (secondary N) is 1. The van der Waals surface area contributed by atoms with Crippen LogP contribution in [0.15, 0.2) is 0 Å². The van der Waals surface area contributed by atoms with E-state index in [9.17, 15) is 15.0 Å². The monoisotopic (exact) mass is 666 g/mol. The van der Waals surface area contributed by atoms with Crippen molar-refractivity contribution in [2.45, 2.75) is 264 Å². The fourth-order valence-electron chi connectivity index (χ4n) is 7.01. The van der Waals surface area contributed by atoms with Gasteiger partial charge in [-0.05, 0) is 12.8 Å². The van der Waals surface area contributed by atoms with Crippen LogP contribution in [-0.4, -0.2) is 34.9 Å². The molecule has 4 heteroatoms. The summed E-state index contributed by atoms with van der Waals surface area (Å²) in [4.78, 5) is 12.1. The summed E-state index contributed by atoms with van der Waals surface area (Å²) in [6.07, 6.45) is 48.3. The Balaban J connectivity index is 3.27. The van der Waals surface area contributed by atoms with Gasteiger partial charge in [-0.2, -0.15) is 0 Å². The fraction of sp³-hybridized carbons (Fsp3) is 0.977. The van der Waals surface area contributed by atoms with Crippen molar-refractivity contribution in [3.8, 4) is 0 Å². The Bertz CT molecular complexity index is 598. The Morgan fingerprint density at radius 2 is 0.681 bits per heavy atom. The SMILES string of the molecule is CCCCCCCCCCCCCCCCCCCCCCCCCCCCCCCCCC(O)C(CO)NC(=O)CCCCCC. The number of amides is 1. The number of rotatable bonds is 40. The molecule has 0 fully saturated rings. The van der Waals surface area contributed by atoms with Gasteiger partial charge in [0.05, 0.1) is 18.8 Å². The van der Waals surface area contributed by atoms with Crippen LogP contribution in [0, 0.1) is 0 Å². The van der Waals surface area contributed by atoms with E-state index in [1.54, 1.807) is 0 Å². The van der Waals surface area contributed by atoms with Gasteiger partial charge in [0.15, 0.2) is 0 Å². The van der Waals surface area contributed by atoms with Crippen LogP contribution in [0.25, 0.3) is 0 Å². The Kier molecular flexibility index (Phi) is 39.3. The predicted molar refractivity (Wildman–Crippen MR) is 207 cm³/mol. The number of unbranched alkanes of at least 4 members (excludes halogenated alkanes) is 33. The molecule has 1 amide bonds. The van der Waals surface area contributed by atoms with Crippen LogP contribution >= 0.6 is 0 Å². The van der Waals surface area contributed by atoms with E-state index < -0.39 is 12.1 Å². The molecule has 0 heterocycles. The molecule has 0 aliphatic rings. The zero-order chi connectivity index (χ0) is 34.3. The van der Waals surface area contributed by atoms with Gasteiger partial charge in [0.1, 0.15) is 0 Å². The quantitative estimate of drug-likeness (QED) is 0.0570. The van der Waals surface area contributed by atoms with Crippen molar-refractivity contribution < 1.29 is 15.0 Å². The Morgan fingerprint density at radius 1 is 0.426 bits per heavy atom. The Hall–Kier alpha value is -0.610. The first-order valence-corrected chi connectivity index (χ1v) is 21.7. The van der Waals surface area contributed by atoms with Crippen LogP contribution in [-0.2, 0) is 4.79 Å². The van der Waals surface area contributed by atoms with Crippen molar-refractivity contribution in [1.82, 2.24) is 5.32 Å². The van der Waals surface area contributed by atoms with Crippen LogP contribution in [0.2, 0.25) is 0 Å². The molecule has 2 atom stereocenters. The first-order chi connectivity index (χ1) is 23.2. The summed E-state index contributed by atoms with van der Waals surface area (Å²) in [5.74, 6) is -0.0462. The first kappa shape index (κ1) is 46.4. The minimum Gasteiger partial charge on any atom is -0.394 e. The number of aliphatic hydroxyl groups is 2. The van der Waals surface area contributed by atoms with Crippen molar-refractivity contribution in [1.29, 1.82) is 0 Å². The van der Waals surface area contributed by atoms with E-state index >= 15 is 0 Å². The number of aliphatic hydroxyl groups excluding tert-OH is 2. The number of carbonyl (C=O) groups excluding carboxylic acids is 1. The summed E-state index contributed by atoms with van der Waals surface area (Å²) in [6.45, 7) is 4.26. The molecule has 0 aliphatic carbocycles. The average Bonchev–Trinajstić information content (AvgIpc) is 3.08. The van der Waals surface area contributed by atoms with Gasteiger partial charge in [0.25, 0.3) is 0 Å². The van der Waals surface area contributed by atoms with Crippen molar-refractivity contribution in [2.24, 2.45) is 0 Å². The van der Waals surface area contributed by atoms with E-state index in [0.717, 1.165) is 38.5 Å². The van der Waals surface area contributed by atoms with E-state index in [0.29, 0.717) is 12.8 Å². The molecule has 0 rings (SSSR count). The molecule has 282 valence electrons. The highest BCUT2D eigenvalue weighted by atomic mass is 16.3. The van der Waals surface area contributed by atoms with Crippen molar-refractivity contribution in [3.63, 3.8) is 0 Å². The summed E-state index contributed by atoms with van der Waals surface area (Å²) in [5, 5.41) is 22.8. The molecule has 2 unspecified atom stereocenters. The number of hydrogen-bond donors (Lipinski definition) is 3. The summed E-state index contributed by atoms with van der Waals surface area (Å²) < 4.78 is 0. The molecule has 0 aromatic carbocycles. The second kappa shape index (κ2) is 39.8. The van der Waals surface area contributed by atoms with Crippen LogP contribution in [0.1, 0.15) is 251 Å². The number of hydrogen-bond acceptors (Lipinski definition) is 3. The molecular formula is C43H87NO3. The van der Waals surface area contributed by atoms with E-state index in [1.807, 2.05) is 0 Å². The average molecular weight is 666 g/mol. The normalized spacial score (nSPS) is 12.9. The molecular weight excluding hydrogens is 578 g/mol. The minimum atomic E-state index is -0.650. The molecule has 0 aromatic rings. The third-order valence-corrected chi connectivity index (χ3v) is 10.4. The van der Waals surface area contributed by atoms with Gasteiger partial charge in [-0.1, -0.05) is 232 Å². The minimum absolute atomic E-state index is 0.0462. The molecule has 4 nitrogen and oxygen atoms in total. The van der Waals surface area contributed by atoms with Gasteiger partial charge >= 0.3 is 0 Å². The fourth-order valence-corrected chi connectivity index (χ4v) is 7.01. The third-order valence-electron chi connectivity index (χ3n) is 10.4. The molecule has 0 saturated carbocycles. The molecule has 0 spiro atoms. The van der Waals surface area contributed by atoms with E-state index in [-0.39, 0.29) is 12.5 Å². The zero-order valence-corrected chi connectivity index (χ0v) is 32.3. The van der Waals surface area contributed by atoms with Crippen LogP contribution in [0.4, 0.5) is 0 Å². The lowest BCUT2D eigenvalue weighted by molar-refractivity contribution is -0.123. The lowest BCUT2D eigenvalue weighted by Gasteiger charge is -2.22. The highest BCUT2D eigenvalue weighted by Gasteiger charge is 2.19. The lowest BCUT2D eigenvalue weighted by atomic mass is 10.0. The smallest absolute Gasteiger partial charge is 0.220 e. The van der Waals surface area contributed by atoms with Crippen LogP contribution in [0.3, 0.4) is 0 Å². The molecule has 3 N–H and O–H groups in total. The van der Waals surface area contributed by atoms with Gasteiger partial charge in [-0.25, -0.2) is 0 Å². The van der Waals surface area contributed by atoms with Gasteiger partial charge in [0.2, 0.25) is 5.91 Å². The van der Waals surface area contributed by atoms with Crippen LogP contribution in [0.5, 0.6) is 0 Å². The van der Waals surface area contributed by atoms with Gasteiger partial charge in [0, 0.05) is 6.42 Å². The molecule has 0 aliphatic heterocycles. The third kappa shape index (κ3) is 36.5. The summed E-state index contributed by atoms with van der Waals surface area (Å²) in [6, 6.07) is -0.526. The zero-order valence-electron chi connectivity index (χ0n) is 32.3. The second-order valence-corrected chi connectivity index (χ2v) is 15.1. The highest BCUT2D eigenvalue weighted by molar-refractivity contribution is 5.76. The number of carbonyl (C=O) groups is 1. The van der Waals surface area contributed by atoms with Crippen molar-refractivity contribution >= 4 is 5.91 Å². The molecule has 0 saturated heterocycles. The second-order valence-electron chi connectivity index (χ2n) is 15.1. The van der Waals surface area contributed by atoms with E-state index in [1.165, 1.54) is 186 Å². The predicted octanol–water partition coefficient (Wildman–Crippen LogP) is 13.3. The van der Waals surface area contributed by atoms with E-state index in [4.69, 9.17) is 0 Å². The Morgan fingerprint density at radius 3 is 0.957 bits per heavy atom. The first-order valence-electron chi connectivity index (χ1n) is 21.7. The van der Waals surface area contributed by atoms with Crippen molar-refractivity contribution in [3.05, 3.63) is 0 Å². The largest absolute Gasteiger partial charge is 0.394 e. The van der Waals surface area contributed by atoms with Gasteiger partial charge in [-0.3, -0.25) is 4.79 Å². The van der Waals surface area contributed by atoms with Gasteiger partial charge < -0.3 is 15.5 Å². The maximum atomic E-state index is 12.1. The van der Waals surface area contributed by atoms with Gasteiger partial charge in [-0.15, -0.1) is 0 Å². The summed E-state index contributed by atoms with van der Waals surface area (Å²) in [7, 11) is 0. The maximum Gasteiger partial charge on any atom is 0.220 e. The molecule has 0 radical (unpaired) electrons. The standard InChI is InChI=1S/C43H87NO3/c1-3-5-7-9-10-11-12-13-14-15-16-17-18-19-20-21-22-23-24-25-26-27-28-29-30-31-32-33-34-35-36-38-42(46)41(40-45)44-43(47)39-37-8-6-4-2/h41-42,45-46H,3-40H2,1-2H3,(H,44,47). The summed E-state index contributed by atoms with van der Waals surface area (Å²) >= 11 is 0. The van der Waals surface area contributed by atoms with E-state index in [2.05, 4.69) is 19.2 Å². The topological polar surface area (TPSA) is 69.6 Å². The van der Waals surface area contributed by atoms with Crippen LogP contribution < -0.4 is 5.32 Å². The molecule has 47 heavy (non-hydrogen) atoms.